The maximum absolute atomic E-state index is 10.9. The van der Waals surface area contributed by atoms with Crippen molar-refractivity contribution in [3.8, 4) is 23.7 Å². The molecule has 1 unspecified atom stereocenters. The molecule has 0 radical (unpaired) electrons. The number of rotatable bonds is 10. The average Bonchev–Trinajstić information content (AvgIpc) is 2.65. The van der Waals surface area contributed by atoms with Gasteiger partial charge in [-0.1, -0.05) is 37.0 Å². The van der Waals surface area contributed by atoms with Gasteiger partial charge in [-0.2, -0.15) is 0 Å². The first kappa shape index (κ1) is 21.6. The largest absolute Gasteiger partial charge is 0.469 e. The second kappa shape index (κ2) is 16.0. The van der Waals surface area contributed by atoms with E-state index >= 15 is 0 Å². The fourth-order valence-electron chi connectivity index (χ4n) is 2.55. The third-order valence-electron chi connectivity index (χ3n) is 4.01. The molecule has 0 saturated carbocycles. The van der Waals surface area contributed by atoms with Gasteiger partial charge < -0.3 is 14.2 Å². The third-order valence-corrected chi connectivity index (χ3v) is 4.01. The van der Waals surface area contributed by atoms with Gasteiger partial charge in [-0.25, -0.2) is 0 Å². The molecule has 0 aliphatic carbocycles. The maximum Gasteiger partial charge on any atom is 0.305 e. The number of ether oxygens (including phenoxy) is 3. The molecule has 1 aliphatic heterocycles. The highest BCUT2D eigenvalue weighted by Crippen LogP contribution is 2.13. The molecular weight excluding hydrogens is 316 g/mol. The van der Waals surface area contributed by atoms with Crippen molar-refractivity contribution < 1.29 is 19.0 Å². The monoisotopic (exact) mass is 348 g/mol. The van der Waals surface area contributed by atoms with Crippen LogP contribution in [0.1, 0.15) is 77.0 Å². The van der Waals surface area contributed by atoms with Crippen molar-refractivity contribution in [3.05, 3.63) is 0 Å². The fourth-order valence-corrected chi connectivity index (χ4v) is 2.55. The minimum Gasteiger partial charge on any atom is -0.469 e. The van der Waals surface area contributed by atoms with Crippen LogP contribution in [0.3, 0.4) is 0 Å². The molecule has 4 nitrogen and oxygen atoms in total. The zero-order valence-electron chi connectivity index (χ0n) is 15.6. The fraction of sp³-hybridized carbons (Fsp3) is 0.762. The topological polar surface area (TPSA) is 44.8 Å². The van der Waals surface area contributed by atoms with E-state index in [9.17, 15) is 4.79 Å². The summed E-state index contributed by atoms with van der Waals surface area (Å²) in [5.74, 6) is 12.3. The molecule has 4 heteroatoms. The van der Waals surface area contributed by atoms with Crippen LogP contribution in [-0.2, 0) is 19.0 Å². The molecule has 1 aliphatic rings. The number of methoxy groups -OCH3 is 1. The van der Waals surface area contributed by atoms with Gasteiger partial charge in [0.05, 0.1) is 20.1 Å². The lowest BCUT2D eigenvalue weighted by atomic mass is 10.1. The highest BCUT2D eigenvalue weighted by molar-refractivity contribution is 5.68. The van der Waals surface area contributed by atoms with E-state index in [0.717, 1.165) is 58.0 Å². The van der Waals surface area contributed by atoms with E-state index in [4.69, 9.17) is 9.47 Å². The summed E-state index contributed by atoms with van der Waals surface area (Å²) in [5, 5.41) is 0. The minimum absolute atomic E-state index is 0.0178. The first-order valence-corrected chi connectivity index (χ1v) is 9.54. The van der Waals surface area contributed by atoms with Gasteiger partial charge >= 0.3 is 5.97 Å². The Morgan fingerprint density at radius 3 is 2.52 bits per heavy atom. The van der Waals surface area contributed by atoms with Crippen molar-refractivity contribution in [2.75, 3.05) is 20.3 Å². The number of esters is 1. The first-order valence-electron chi connectivity index (χ1n) is 9.54. The maximum atomic E-state index is 10.9. The Kier molecular flexibility index (Phi) is 13.8. The van der Waals surface area contributed by atoms with E-state index in [1.807, 2.05) is 0 Å². The van der Waals surface area contributed by atoms with Crippen molar-refractivity contribution in [2.24, 2.45) is 0 Å². The van der Waals surface area contributed by atoms with Crippen LogP contribution in [-0.4, -0.2) is 32.6 Å². The summed E-state index contributed by atoms with van der Waals surface area (Å²) in [6.07, 6.45) is 11.6. The normalized spacial score (nSPS) is 16.3. The highest BCUT2D eigenvalue weighted by Gasteiger charge is 2.12. The predicted octanol–water partition coefficient (Wildman–Crippen LogP) is 4.22. The molecule has 0 bridgehead atoms. The molecule has 1 rings (SSSR count). The molecule has 140 valence electrons. The van der Waals surface area contributed by atoms with Crippen LogP contribution in [0.2, 0.25) is 0 Å². The second-order valence-electron chi connectivity index (χ2n) is 6.14. The van der Waals surface area contributed by atoms with E-state index in [1.165, 1.54) is 20.0 Å². The van der Waals surface area contributed by atoms with Gasteiger partial charge in [0.25, 0.3) is 0 Å². The lowest BCUT2D eigenvalue weighted by molar-refractivity contribution is -0.161. The zero-order chi connectivity index (χ0) is 18.0. The van der Waals surface area contributed by atoms with Crippen LogP contribution in [0, 0.1) is 23.7 Å². The minimum atomic E-state index is -0.110. The molecule has 0 aromatic heterocycles. The molecule has 0 aromatic carbocycles. The lowest BCUT2D eigenvalue weighted by Gasteiger charge is -2.22. The summed E-state index contributed by atoms with van der Waals surface area (Å²) in [5.41, 5.74) is 0. The quantitative estimate of drug-likeness (QED) is 0.337. The average molecular weight is 348 g/mol. The molecular formula is C21H32O4. The zero-order valence-corrected chi connectivity index (χ0v) is 15.6. The van der Waals surface area contributed by atoms with E-state index in [2.05, 4.69) is 28.4 Å². The van der Waals surface area contributed by atoms with Crippen LogP contribution in [0.4, 0.5) is 0 Å². The Bertz CT molecular complexity index is 458. The van der Waals surface area contributed by atoms with Crippen LogP contribution >= 0.6 is 0 Å². The van der Waals surface area contributed by atoms with Gasteiger partial charge in [-0.3, -0.25) is 4.79 Å². The first-order chi connectivity index (χ1) is 12.3. The van der Waals surface area contributed by atoms with Crippen LogP contribution in [0.25, 0.3) is 0 Å². The molecule has 1 saturated heterocycles. The number of unbranched alkanes of at least 4 members (excludes halogenated alkanes) is 5. The van der Waals surface area contributed by atoms with Crippen molar-refractivity contribution in [2.45, 2.75) is 83.3 Å². The SMILES string of the molecule is COC(=O)CCCCCCCC#CCC#CCCOC1CCCCO1. The Labute approximate surface area is 153 Å². The summed E-state index contributed by atoms with van der Waals surface area (Å²) in [7, 11) is 1.44. The third kappa shape index (κ3) is 13.5. The van der Waals surface area contributed by atoms with E-state index < -0.39 is 0 Å². The van der Waals surface area contributed by atoms with Crippen molar-refractivity contribution in [3.63, 3.8) is 0 Å². The van der Waals surface area contributed by atoms with Crippen molar-refractivity contribution in [1.29, 1.82) is 0 Å². The molecule has 1 atom stereocenters. The smallest absolute Gasteiger partial charge is 0.305 e. The van der Waals surface area contributed by atoms with Gasteiger partial charge in [0, 0.05) is 25.9 Å². The van der Waals surface area contributed by atoms with Crippen molar-refractivity contribution in [1.82, 2.24) is 0 Å². The molecule has 0 spiro atoms. The van der Waals surface area contributed by atoms with Crippen LogP contribution in [0.15, 0.2) is 0 Å². The van der Waals surface area contributed by atoms with Crippen LogP contribution in [0.5, 0.6) is 0 Å². The molecule has 25 heavy (non-hydrogen) atoms. The van der Waals surface area contributed by atoms with Crippen molar-refractivity contribution >= 4 is 5.97 Å². The van der Waals surface area contributed by atoms with E-state index in [1.54, 1.807) is 0 Å². The van der Waals surface area contributed by atoms with Gasteiger partial charge in [0.2, 0.25) is 0 Å². The summed E-state index contributed by atoms with van der Waals surface area (Å²) in [6, 6.07) is 0. The lowest BCUT2D eigenvalue weighted by Crippen LogP contribution is -2.22. The molecule has 1 fully saturated rings. The molecule has 1 heterocycles. The van der Waals surface area contributed by atoms with E-state index in [0.29, 0.717) is 19.4 Å². The van der Waals surface area contributed by atoms with Gasteiger partial charge in [0.15, 0.2) is 6.29 Å². The summed E-state index contributed by atoms with van der Waals surface area (Å²) < 4.78 is 15.7. The highest BCUT2D eigenvalue weighted by atomic mass is 16.7. The van der Waals surface area contributed by atoms with E-state index in [-0.39, 0.29) is 12.3 Å². The molecule has 0 N–H and O–H groups in total. The number of hydrogen-bond acceptors (Lipinski definition) is 4. The number of hydrogen-bond donors (Lipinski definition) is 0. The summed E-state index contributed by atoms with van der Waals surface area (Å²) >= 11 is 0. The Morgan fingerprint density at radius 2 is 1.76 bits per heavy atom. The Morgan fingerprint density at radius 1 is 1.00 bits per heavy atom. The number of carbonyl (C=O) groups is 1. The predicted molar refractivity (Wildman–Crippen MR) is 98.7 cm³/mol. The van der Waals surface area contributed by atoms with Gasteiger partial charge in [0.1, 0.15) is 0 Å². The summed E-state index contributed by atoms with van der Waals surface area (Å²) in [4.78, 5) is 10.9. The Hall–Kier alpha value is -1.49. The van der Waals surface area contributed by atoms with Gasteiger partial charge in [-0.05, 0) is 32.1 Å². The standard InChI is InChI=1S/C21H32O4/c1-23-20(22)16-12-10-8-6-4-2-3-5-7-9-11-14-18-24-21-17-13-15-19-25-21/h21H,2,4,6-8,10,12-19H2,1H3. The second-order valence-corrected chi connectivity index (χ2v) is 6.14. The number of carbonyl (C=O) groups excluding carboxylic acids is 1. The molecule has 0 amide bonds. The van der Waals surface area contributed by atoms with Gasteiger partial charge in [-0.15, -0.1) is 5.92 Å². The summed E-state index contributed by atoms with van der Waals surface area (Å²) in [6.45, 7) is 1.46. The molecule has 0 aromatic rings. The Balaban J connectivity index is 1.85. The van der Waals surface area contributed by atoms with Crippen LogP contribution < -0.4 is 0 Å².